The zero-order valence-corrected chi connectivity index (χ0v) is 16.2. The molecule has 0 aromatic heterocycles. The van der Waals surface area contributed by atoms with Gasteiger partial charge in [0.1, 0.15) is 6.61 Å². The maximum Gasteiger partial charge on any atom is 0.407 e. The number of amides is 2. The van der Waals surface area contributed by atoms with Crippen LogP contribution in [0.15, 0.2) is 24.3 Å². The Morgan fingerprint density at radius 2 is 1.86 bits per heavy atom. The number of anilines is 1. The fraction of sp³-hybridized carbons (Fsp3) is 0.619. The van der Waals surface area contributed by atoms with E-state index in [0.29, 0.717) is 38.5 Å². The highest BCUT2D eigenvalue weighted by Gasteiger charge is 2.61. The lowest BCUT2D eigenvalue weighted by Crippen LogP contribution is -2.66. The van der Waals surface area contributed by atoms with Crippen molar-refractivity contribution in [2.24, 2.45) is 5.41 Å². The van der Waals surface area contributed by atoms with Crippen LogP contribution in [0.2, 0.25) is 0 Å². The van der Waals surface area contributed by atoms with Crippen LogP contribution >= 0.6 is 0 Å². The number of hydrogen-bond donors (Lipinski definition) is 1. The van der Waals surface area contributed by atoms with Crippen LogP contribution in [0.4, 0.5) is 19.3 Å². The van der Waals surface area contributed by atoms with Crippen LogP contribution in [-0.2, 0) is 9.53 Å². The number of cyclic esters (lactones) is 1. The second kappa shape index (κ2) is 6.57. The lowest BCUT2D eigenvalue weighted by atomic mass is 9.61. The third-order valence-electron chi connectivity index (χ3n) is 6.73. The van der Waals surface area contributed by atoms with E-state index in [9.17, 15) is 18.4 Å². The van der Waals surface area contributed by atoms with Gasteiger partial charge in [-0.1, -0.05) is 12.1 Å². The Hall–Kier alpha value is -2.38. The molecule has 4 fully saturated rings. The largest absolute Gasteiger partial charge is 0.447 e. The van der Waals surface area contributed by atoms with Crippen molar-refractivity contribution in [1.29, 1.82) is 0 Å². The SMILES string of the molecule is O=C1N[C@H](CCC(=O)N2CC(c3ccc(N4CC5(C4)CC(F)(F)C5)cc3)C2)CO1. The van der Waals surface area contributed by atoms with Gasteiger partial charge in [-0.05, 0) is 24.1 Å². The van der Waals surface area contributed by atoms with Crippen molar-refractivity contribution in [2.75, 3.05) is 37.7 Å². The average Bonchev–Trinajstić information content (AvgIpc) is 3.00. The van der Waals surface area contributed by atoms with Gasteiger partial charge in [0.25, 0.3) is 0 Å². The number of nitrogens with one attached hydrogen (secondary N) is 1. The number of ether oxygens (including phenoxy) is 1. The lowest BCUT2D eigenvalue weighted by Gasteiger charge is -2.59. The first-order chi connectivity index (χ1) is 13.8. The van der Waals surface area contributed by atoms with Crippen LogP contribution in [-0.4, -0.2) is 61.7 Å². The van der Waals surface area contributed by atoms with E-state index in [0.717, 1.165) is 18.8 Å². The van der Waals surface area contributed by atoms with Gasteiger partial charge in [0.05, 0.1) is 6.04 Å². The summed E-state index contributed by atoms with van der Waals surface area (Å²) in [7, 11) is 0. The molecule has 1 spiro atoms. The van der Waals surface area contributed by atoms with Gasteiger partial charge in [0.2, 0.25) is 11.8 Å². The molecule has 5 rings (SSSR count). The molecular formula is C21H25F2N3O3. The van der Waals surface area contributed by atoms with Gasteiger partial charge >= 0.3 is 6.09 Å². The normalized spacial score (nSPS) is 27.0. The Bertz CT molecular complexity index is 807. The second-order valence-corrected chi connectivity index (χ2v) is 9.13. The average molecular weight is 405 g/mol. The van der Waals surface area contributed by atoms with Gasteiger partial charge < -0.3 is 19.9 Å². The van der Waals surface area contributed by atoms with Gasteiger partial charge in [0.15, 0.2) is 0 Å². The van der Waals surface area contributed by atoms with Crippen molar-refractivity contribution in [2.45, 2.75) is 43.6 Å². The number of rotatable bonds is 5. The maximum absolute atomic E-state index is 13.1. The summed E-state index contributed by atoms with van der Waals surface area (Å²) in [5.41, 5.74) is 2.13. The fourth-order valence-corrected chi connectivity index (χ4v) is 5.10. The minimum atomic E-state index is -2.46. The van der Waals surface area contributed by atoms with Gasteiger partial charge in [0, 0.05) is 62.5 Å². The van der Waals surface area contributed by atoms with Crippen LogP contribution in [0.5, 0.6) is 0 Å². The van der Waals surface area contributed by atoms with Crippen LogP contribution < -0.4 is 10.2 Å². The van der Waals surface area contributed by atoms with Gasteiger partial charge in [-0.25, -0.2) is 13.6 Å². The topological polar surface area (TPSA) is 61.9 Å². The second-order valence-electron chi connectivity index (χ2n) is 9.13. The molecule has 1 aliphatic carbocycles. The summed E-state index contributed by atoms with van der Waals surface area (Å²) >= 11 is 0. The number of alkyl carbamates (subject to hydrolysis) is 1. The summed E-state index contributed by atoms with van der Waals surface area (Å²) in [6.07, 6.45) is 0.662. The highest BCUT2D eigenvalue weighted by Crippen LogP contribution is 2.57. The number of carbonyl (C=O) groups excluding carboxylic acids is 2. The molecule has 1 aromatic rings. The number of likely N-dealkylation sites (tertiary alicyclic amines) is 1. The van der Waals surface area contributed by atoms with Crippen molar-refractivity contribution >= 4 is 17.7 Å². The molecule has 1 aromatic carbocycles. The molecule has 0 unspecified atom stereocenters. The van der Waals surface area contributed by atoms with Gasteiger partial charge in [-0.15, -0.1) is 0 Å². The maximum atomic E-state index is 13.1. The molecule has 0 bridgehead atoms. The Morgan fingerprint density at radius 3 is 2.45 bits per heavy atom. The van der Waals surface area contributed by atoms with E-state index >= 15 is 0 Å². The summed E-state index contributed by atoms with van der Waals surface area (Å²) in [6.45, 7) is 3.21. The Labute approximate surface area is 168 Å². The minimum Gasteiger partial charge on any atom is -0.447 e. The molecule has 2 amide bonds. The molecule has 3 saturated heterocycles. The summed E-state index contributed by atoms with van der Waals surface area (Å²) in [5, 5.41) is 2.69. The van der Waals surface area contributed by atoms with E-state index in [4.69, 9.17) is 4.74 Å². The number of halogens is 2. The number of carbonyl (C=O) groups is 2. The molecule has 4 aliphatic rings. The minimum absolute atomic E-state index is 0.0284. The third-order valence-corrected chi connectivity index (χ3v) is 6.73. The number of nitrogens with zero attached hydrogens (tertiary/aromatic N) is 2. The van der Waals surface area contributed by atoms with Crippen molar-refractivity contribution < 1.29 is 23.1 Å². The van der Waals surface area contributed by atoms with Crippen LogP contribution in [0, 0.1) is 5.41 Å². The van der Waals surface area contributed by atoms with Crippen LogP contribution in [0.25, 0.3) is 0 Å². The zero-order valence-electron chi connectivity index (χ0n) is 16.2. The van der Waals surface area contributed by atoms with E-state index in [1.807, 2.05) is 4.90 Å². The summed E-state index contributed by atoms with van der Waals surface area (Å²) in [6, 6.07) is 8.24. The molecule has 1 N–H and O–H groups in total. The number of benzene rings is 1. The molecule has 6 nitrogen and oxygen atoms in total. The van der Waals surface area contributed by atoms with Crippen LogP contribution in [0.1, 0.15) is 37.2 Å². The van der Waals surface area contributed by atoms with E-state index in [1.165, 1.54) is 5.56 Å². The smallest absolute Gasteiger partial charge is 0.407 e. The van der Waals surface area contributed by atoms with Gasteiger partial charge in [-0.2, -0.15) is 0 Å². The first-order valence-electron chi connectivity index (χ1n) is 10.2. The zero-order chi connectivity index (χ0) is 20.2. The monoisotopic (exact) mass is 405 g/mol. The van der Waals surface area contributed by atoms with E-state index in [1.54, 1.807) is 0 Å². The number of hydrogen-bond acceptors (Lipinski definition) is 4. The quantitative estimate of drug-likeness (QED) is 0.818. The lowest BCUT2D eigenvalue weighted by molar-refractivity contribution is -0.170. The van der Waals surface area contributed by atoms with Crippen molar-refractivity contribution in [1.82, 2.24) is 10.2 Å². The first kappa shape index (κ1) is 18.6. The molecule has 3 heterocycles. The Kier molecular flexibility index (Phi) is 4.22. The van der Waals surface area contributed by atoms with E-state index < -0.39 is 12.0 Å². The molecular weight excluding hydrogens is 380 g/mol. The summed E-state index contributed by atoms with van der Waals surface area (Å²) < 4.78 is 31.1. The standard InChI is InChI=1S/C21H25F2N3O3/c22-21(23)10-20(11-21)12-26(13-20)17-4-1-14(2-5-17)15-7-25(8-15)18(27)6-3-16-9-29-19(28)24-16/h1-2,4-5,15-16H,3,6-13H2,(H,24,28)/t16-/m1/s1. The molecule has 8 heteroatoms. The van der Waals surface area contributed by atoms with Crippen molar-refractivity contribution in [3.05, 3.63) is 29.8 Å². The summed E-state index contributed by atoms with van der Waals surface area (Å²) in [4.78, 5) is 27.3. The third kappa shape index (κ3) is 3.53. The highest BCUT2D eigenvalue weighted by atomic mass is 19.3. The van der Waals surface area contributed by atoms with Crippen LogP contribution in [0.3, 0.4) is 0 Å². The molecule has 1 saturated carbocycles. The van der Waals surface area contributed by atoms with E-state index in [2.05, 4.69) is 34.5 Å². The fourth-order valence-electron chi connectivity index (χ4n) is 5.10. The predicted molar refractivity (Wildman–Crippen MR) is 102 cm³/mol. The van der Waals surface area contributed by atoms with Gasteiger partial charge in [-0.3, -0.25) is 4.79 Å². The molecule has 29 heavy (non-hydrogen) atoms. The Balaban J connectivity index is 1.06. The molecule has 1 atom stereocenters. The Morgan fingerprint density at radius 1 is 1.17 bits per heavy atom. The highest BCUT2D eigenvalue weighted by molar-refractivity contribution is 5.77. The first-order valence-corrected chi connectivity index (χ1v) is 10.2. The van der Waals surface area contributed by atoms with Crippen molar-refractivity contribution in [3.63, 3.8) is 0 Å². The molecule has 3 aliphatic heterocycles. The predicted octanol–water partition coefficient (Wildman–Crippen LogP) is 2.74. The molecule has 156 valence electrons. The van der Waals surface area contributed by atoms with E-state index in [-0.39, 0.29) is 30.2 Å². The summed E-state index contributed by atoms with van der Waals surface area (Å²) in [5.74, 6) is -2.00. The number of alkyl halides is 2. The van der Waals surface area contributed by atoms with Crippen molar-refractivity contribution in [3.8, 4) is 0 Å². The molecule has 0 radical (unpaired) electrons.